The van der Waals surface area contributed by atoms with E-state index >= 15 is 0 Å². The molecule has 164 valence electrons. The first kappa shape index (κ1) is 21.0. The van der Waals surface area contributed by atoms with Gasteiger partial charge in [0.1, 0.15) is 11.4 Å². The lowest BCUT2D eigenvalue weighted by atomic mass is 10.0. The van der Waals surface area contributed by atoms with E-state index < -0.39 is 11.7 Å². The predicted octanol–water partition coefficient (Wildman–Crippen LogP) is 3.41. The van der Waals surface area contributed by atoms with Gasteiger partial charge in [0.05, 0.1) is 17.9 Å². The maximum absolute atomic E-state index is 12.8. The fraction of sp³-hybridized carbons (Fsp3) is 0.381. The molecule has 1 saturated heterocycles. The summed E-state index contributed by atoms with van der Waals surface area (Å²) in [4.78, 5) is 14.4. The van der Waals surface area contributed by atoms with Crippen LogP contribution in [-0.2, 0) is 19.6 Å². The molecule has 1 aliphatic heterocycles. The summed E-state index contributed by atoms with van der Waals surface area (Å²) in [6, 6.07) is 8.46. The summed E-state index contributed by atoms with van der Waals surface area (Å²) in [5, 5.41) is 11.4. The third-order valence-corrected chi connectivity index (χ3v) is 5.39. The van der Waals surface area contributed by atoms with E-state index in [1.807, 2.05) is 6.07 Å². The van der Waals surface area contributed by atoms with Gasteiger partial charge >= 0.3 is 6.18 Å². The fourth-order valence-corrected chi connectivity index (χ4v) is 3.69. The molecule has 1 N–H and O–H groups in total. The van der Waals surface area contributed by atoms with Crippen molar-refractivity contribution in [2.24, 2.45) is 7.05 Å². The number of hydrogen-bond donors (Lipinski definition) is 1. The first-order chi connectivity index (χ1) is 14.8. The zero-order valence-electron chi connectivity index (χ0n) is 16.9. The fourth-order valence-electron chi connectivity index (χ4n) is 3.69. The number of aryl methyl sites for hydroxylation is 1. The summed E-state index contributed by atoms with van der Waals surface area (Å²) < 4.78 is 45.4. The second-order valence-corrected chi connectivity index (χ2v) is 7.52. The van der Waals surface area contributed by atoms with E-state index in [-0.39, 0.29) is 24.2 Å². The van der Waals surface area contributed by atoms with Crippen molar-refractivity contribution in [3.8, 4) is 5.75 Å². The molecule has 1 aromatic carbocycles. The number of carbonyl (C=O) groups is 1. The summed E-state index contributed by atoms with van der Waals surface area (Å²) in [5.74, 6) is 0.258. The van der Waals surface area contributed by atoms with Gasteiger partial charge in [-0.1, -0.05) is 6.07 Å². The van der Waals surface area contributed by atoms with Crippen LogP contribution < -0.4 is 4.74 Å². The standard InChI is InChI=1S/C21H22F3N5O2/c1-28-19(5-8-25-28)20(30)29-9-6-14(13-29)18-12-16(26-27-18)7-10-31-17-4-2-3-15(11-17)21(22,23)24/h2-5,8,11-12,14H,6-7,9-10,13H2,1H3,(H,26,27)/t14-/m0/s1. The van der Waals surface area contributed by atoms with E-state index in [9.17, 15) is 18.0 Å². The van der Waals surface area contributed by atoms with Crippen LogP contribution in [0, 0.1) is 0 Å². The monoisotopic (exact) mass is 433 g/mol. The number of ether oxygens (including phenoxy) is 1. The minimum atomic E-state index is -4.40. The van der Waals surface area contributed by atoms with Crippen LogP contribution in [0.25, 0.3) is 0 Å². The third-order valence-electron chi connectivity index (χ3n) is 5.39. The Balaban J connectivity index is 1.30. The highest BCUT2D eigenvalue weighted by Gasteiger charge is 2.31. The molecular formula is C21H22F3N5O2. The van der Waals surface area contributed by atoms with Crippen molar-refractivity contribution in [1.82, 2.24) is 24.9 Å². The number of nitrogens with one attached hydrogen (secondary N) is 1. The van der Waals surface area contributed by atoms with Crippen molar-refractivity contribution in [3.63, 3.8) is 0 Å². The van der Waals surface area contributed by atoms with Crippen molar-refractivity contribution < 1.29 is 22.7 Å². The first-order valence-corrected chi connectivity index (χ1v) is 9.93. The molecule has 1 amide bonds. The van der Waals surface area contributed by atoms with E-state index in [1.165, 1.54) is 12.1 Å². The van der Waals surface area contributed by atoms with Crippen LogP contribution in [0.4, 0.5) is 13.2 Å². The van der Waals surface area contributed by atoms with Crippen LogP contribution in [0.15, 0.2) is 42.6 Å². The molecule has 0 unspecified atom stereocenters. The maximum Gasteiger partial charge on any atom is 0.416 e. The molecule has 0 aliphatic carbocycles. The number of nitrogens with zero attached hydrogens (tertiary/aromatic N) is 4. The quantitative estimate of drug-likeness (QED) is 0.647. The summed E-state index contributed by atoms with van der Waals surface area (Å²) in [5.41, 5.74) is 1.52. The van der Waals surface area contributed by atoms with E-state index in [1.54, 1.807) is 28.9 Å². The van der Waals surface area contributed by atoms with Crippen LogP contribution in [0.5, 0.6) is 5.75 Å². The molecule has 1 atom stereocenters. The number of amides is 1. The van der Waals surface area contributed by atoms with Gasteiger partial charge in [-0.3, -0.25) is 14.6 Å². The zero-order chi connectivity index (χ0) is 22.0. The number of aromatic amines is 1. The van der Waals surface area contributed by atoms with Crippen LogP contribution in [0.2, 0.25) is 0 Å². The van der Waals surface area contributed by atoms with Gasteiger partial charge < -0.3 is 9.64 Å². The number of likely N-dealkylation sites (tertiary alicyclic amines) is 1. The van der Waals surface area contributed by atoms with Crippen molar-refractivity contribution in [1.29, 1.82) is 0 Å². The molecule has 4 rings (SSSR count). The molecule has 7 nitrogen and oxygen atoms in total. The normalized spacial score (nSPS) is 16.6. The number of hydrogen-bond acceptors (Lipinski definition) is 4. The van der Waals surface area contributed by atoms with Crippen molar-refractivity contribution in [3.05, 3.63) is 65.2 Å². The van der Waals surface area contributed by atoms with Crippen molar-refractivity contribution in [2.75, 3.05) is 19.7 Å². The van der Waals surface area contributed by atoms with Gasteiger partial charge in [0.15, 0.2) is 0 Å². The molecule has 1 fully saturated rings. The lowest BCUT2D eigenvalue weighted by Gasteiger charge is -2.15. The highest BCUT2D eigenvalue weighted by Crippen LogP contribution is 2.31. The largest absolute Gasteiger partial charge is 0.493 e. The van der Waals surface area contributed by atoms with Crippen LogP contribution in [0.1, 0.15) is 39.8 Å². The average molecular weight is 433 g/mol. The molecule has 3 aromatic rings. The van der Waals surface area contributed by atoms with E-state index in [0.717, 1.165) is 29.9 Å². The molecule has 1 aliphatic rings. The summed E-state index contributed by atoms with van der Waals surface area (Å²) in [7, 11) is 1.74. The molecule has 0 spiro atoms. The maximum atomic E-state index is 12.8. The highest BCUT2D eigenvalue weighted by molar-refractivity contribution is 5.92. The Hall–Kier alpha value is -3.30. The predicted molar refractivity (Wildman–Crippen MR) is 106 cm³/mol. The Morgan fingerprint density at radius 2 is 2.13 bits per heavy atom. The van der Waals surface area contributed by atoms with Gasteiger partial charge in [0, 0.05) is 44.4 Å². The lowest BCUT2D eigenvalue weighted by Crippen LogP contribution is -2.30. The number of alkyl halides is 3. The molecule has 0 bridgehead atoms. The number of halogens is 3. The Kier molecular flexibility index (Phi) is 5.71. The van der Waals surface area contributed by atoms with Crippen molar-refractivity contribution in [2.45, 2.75) is 24.9 Å². The number of aromatic nitrogens is 4. The Labute approximate surface area is 176 Å². The number of benzene rings is 1. The van der Waals surface area contributed by atoms with Crippen LogP contribution >= 0.6 is 0 Å². The van der Waals surface area contributed by atoms with Crippen LogP contribution in [-0.4, -0.2) is 50.5 Å². The zero-order valence-corrected chi connectivity index (χ0v) is 16.9. The number of H-pyrrole nitrogens is 1. The average Bonchev–Trinajstić information content (AvgIpc) is 3.47. The van der Waals surface area contributed by atoms with Gasteiger partial charge in [-0.15, -0.1) is 0 Å². The van der Waals surface area contributed by atoms with Gasteiger partial charge in [-0.05, 0) is 36.8 Å². The Bertz CT molecular complexity index is 1060. The SMILES string of the molecule is Cn1nccc1C(=O)N1CC[C@H](c2cc(CCOc3cccc(C(F)(F)F)c3)[nH]n2)C1. The lowest BCUT2D eigenvalue weighted by molar-refractivity contribution is -0.137. The number of carbonyl (C=O) groups excluding carboxylic acids is 1. The van der Waals surface area contributed by atoms with E-state index in [0.29, 0.717) is 25.2 Å². The van der Waals surface area contributed by atoms with Gasteiger partial charge in [0.2, 0.25) is 0 Å². The number of rotatable bonds is 6. The van der Waals surface area contributed by atoms with Gasteiger partial charge in [-0.2, -0.15) is 23.4 Å². The van der Waals surface area contributed by atoms with Gasteiger partial charge in [0.25, 0.3) is 5.91 Å². The molecular weight excluding hydrogens is 411 g/mol. The minimum Gasteiger partial charge on any atom is -0.493 e. The first-order valence-electron chi connectivity index (χ1n) is 9.93. The molecule has 0 radical (unpaired) electrons. The smallest absolute Gasteiger partial charge is 0.416 e. The minimum absolute atomic E-state index is 0.0484. The molecule has 3 heterocycles. The molecule has 10 heteroatoms. The van der Waals surface area contributed by atoms with Crippen molar-refractivity contribution >= 4 is 5.91 Å². The highest BCUT2D eigenvalue weighted by atomic mass is 19.4. The molecule has 2 aromatic heterocycles. The summed E-state index contributed by atoms with van der Waals surface area (Å²) in [6.07, 6.45) is -1.50. The molecule has 0 saturated carbocycles. The topological polar surface area (TPSA) is 76.0 Å². The summed E-state index contributed by atoms with van der Waals surface area (Å²) >= 11 is 0. The Morgan fingerprint density at radius 3 is 2.87 bits per heavy atom. The second-order valence-electron chi connectivity index (χ2n) is 7.52. The molecule has 31 heavy (non-hydrogen) atoms. The van der Waals surface area contributed by atoms with Crippen LogP contribution in [0.3, 0.4) is 0 Å². The van der Waals surface area contributed by atoms with E-state index in [2.05, 4.69) is 15.3 Å². The van der Waals surface area contributed by atoms with Gasteiger partial charge in [-0.25, -0.2) is 0 Å². The Morgan fingerprint density at radius 1 is 1.29 bits per heavy atom. The summed E-state index contributed by atoms with van der Waals surface area (Å²) in [6.45, 7) is 1.45. The third kappa shape index (κ3) is 4.73. The second kappa shape index (κ2) is 8.44. The van der Waals surface area contributed by atoms with E-state index in [4.69, 9.17) is 4.74 Å².